The second kappa shape index (κ2) is 9.52. The van der Waals surface area contributed by atoms with Gasteiger partial charge in [0, 0.05) is 7.05 Å². The van der Waals surface area contributed by atoms with Crippen molar-refractivity contribution >= 4 is 57.8 Å². The highest BCUT2D eigenvalue weighted by molar-refractivity contribution is 14.1. The zero-order valence-corrected chi connectivity index (χ0v) is 19.2. The van der Waals surface area contributed by atoms with Crippen molar-refractivity contribution in [1.29, 1.82) is 0 Å². The quantitative estimate of drug-likeness (QED) is 0.262. The summed E-state index contributed by atoms with van der Waals surface area (Å²) in [5.41, 5.74) is 1.39. The molecule has 1 fully saturated rings. The molecule has 6 nitrogen and oxygen atoms in total. The van der Waals surface area contributed by atoms with Crippen LogP contribution < -0.4 is 14.8 Å². The number of thiocarbonyl (C=S) groups is 1. The van der Waals surface area contributed by atoms with Crippen molar-refractivity contribution in [1.82, 2.24) is 10.2 Å². The first-order valence-electron chi connectivity index (χ1n) is 8.98. The molecule has 1 heterocycles. The van der Waals surface area contributed by atoms with E-state index in [1.54, 1.807) is 24.3 Å². The summed E-state index contributed by atoms with van der Waals surface area (Å²) in [5, 5.41) is 2.55. The van der Waals surface area contributed by atoms with Crippen molar-refractivity contribution in [2.75, 3.05) is 13.7 Å². The van der Waals surface area contributed by atoms with Gasteiger partial charge in [0.1, 0.15) is 18.0 Å². The Balaban J connectivity index is 1.90. The third-order valence-electron chi connectivity index (χ3n) is 4.24. The number of carbonyl (C=O) groups is 2. The molecule has 0 saturated carbocycles. The fourth-order valence-corrected chi connectivity index (χ4v) is 3.68. The van der Waals surface area contributed by atoms with Gasteiger partial charge >= 0.3 is 0 Å². The van der Waals surface area contributed by atoms with E-state index >= 15 is 0 Å². The first kappa shape index (κ1) is 22.2. The van der Waals surface area contributed by atoms with E-state index in [1.807, 2.05) is 6.92 Å². The van der Waals surface area contributed by atoms with Gasteiger partial charge in [0.05, 0.1) is 10.2 Å². The average Bonchev–Trinajstić information content (AvgIpc) is 2.70. The summed E-state index contributed by atoms with van der Waals surface area (Å²) in [6.07, 6.45) is 1.49. The van der Waals surface area contributed by atoms with Gasteiger partial charge in [-0.25, -0.2) is 4.39 Å². The molecule has 0 aliphatic carbocycles. The minimum absolute atomic E-state index is 0.0238. The molecule has 0 atom stereocenters. The molecule has 0 unspecified atom stereocenters. The summed E-state index contributed by atoms with van der Waals surface area (Å²) in [6, 6.07) is 9.52. The van der Waals surface area contributed by atoms with Gasteiger partial charge in [-0.1, -0.05) is 12.1 Å². The lowest BCUT2D eigenvalue weighted by Crippen LogP contribution is -2.52. The lowest BCUT2D eigenvalue weighted by molar-refractivity contribution is -0.128. The standard InChI is InChI=1S/C21H18FIN2O4S/c1-3-28-17-10-13(8-15-19(26)24-21(30)25(2)20(15)27)9-16(23)18(17)29-11-12-4-6-14(22)7-5-12/h4-10H,3,11H2,1-2H3,(H,24,26,30). The lowest BCUT2D eigenvalue weighted by atomic mass is 10.1. The third-order valence-corrected chi connectivity index (χ3v) is 5.42. The number of carbonyl (C=O) groups excluding carboxylic acids is 2. The highest BCUT2D eigenvalue weighted by Gasteiger charge is 2.30. The molecule has 1 aliphatic heterocycles. The maximum Gasteiger partial charge on any atom is 0.265 e. The Morgan fingerprint density at radius 2 is 1.90 bits per heavy atom. The molecular formula is C21H18FIN2O4S. The molecule has 0 aromatic heterocycles. The minimum Gasteiger partial charge on any atom is -0.490 e. The Labute approximate surface area is 192 Å². The Bertz CT molecular complexity index is 1040. The second-order valence-electron chi connectivity index (χ2n) is 6.36. The number of nitrogens with zero attached hydrogens (tertiary/aromatic N) is 1. The molecule has 30 heavy (non-hydrogen) atoms. The molecule has 3 rings (SSSR count). The number of likely N-dealkylation sites (N-methyl/N-ethyl adjacent to an activating group) is 1. The van der Waals surface area contributed by atoms with E-state index in [0.29, 0.717) is 23.7 Å². The first-order valence-corrected chi connectivity index (χ1v) is 10.5. The number of benzene rings is 2. The predicted octanol–water partition coefficient (Wildman–Crippen LogP) is 3.66. The van der Waals surface area contributed by atoms with Crippen molar-refractivity contribution in [3.8, 4) is 11.5 Å². The van der Waals surface area contributed by atoms with Gasteiger partial charge in [0.15, 0.2) is 16.6 Å². The van der Waals surface area contributed by atoms with E-state index < -0.39 is 11.8 Å². The summed E-state index contributed by atoms with van der Waals surface area (Å²) in [6.45, 7) is 2.48. The maximum absolute atomic E-state index is 13.1. The number of halogens is 2. The number of hydrogen-bond acceptors (Lipinski definition) is 5. The van der Waals surface area contributed by atoms with Crippen LogP contribution in [0.25, 0.3) is 6.08 Å². The van der Waals surface area contributed by atoms with Crippen molar-refractivity contribution in [3.63, 3.8) is 0 Å². The number of nitrogens with one attached hydrogen (secondary N) is 1. The largest absolute Gasteiger partial charge is 0.490 e. The van der Waals surface area contributed by atoms with Crippen LogP contribution in [0.1, 0.15) is 18.1 Å². The van der Waals surface area contributed by atoms with Crippen LogP contribution in [0.3, 0.4) is 0 Å². The Morgan fingerprint density at radius 3 is 2.57 bits per heavy atom. The SMILES string of the molecule is CCOc1cc(C=C2C(=O)NC(=S)N(C)C2=O)cc(I)c1OCc1ccc(F)cc1. The molecule has 156 valence electrons. The van der Waals surface area contributed by atoms with Crippen LogP contribution >= 0.6 is 34.8 Å². The highest BCUT2D eigenvalue weighted by Crippen LogP contribution is 2.35. The second-order valence-corrected chi connectivity index (χ2v) is 7.91. The maximum atomic E-state index is 13.1. The fourth-order valence-electron chi connectivity index (χ4n) is 2.72. The third kappa shape index (κ3) is 4.96. The minimum atomic E-state index is -0.548. The Hall–Kier alpha value is -2.53. The number of hydrogen-bond donors (Lipinski definition) is 1. The predicted molar refractivity (Wildman–Crippen MR) is 123 cm³/mol. The van der Waals surface area contributed by atoms with Crippen LogP contribution in [0, 0.1) is 9.39 Å². The van der Waals surface area contributed by atoms with E-state index in [0.717, 1.165) is 9.13 Å². The lowest BCUT2D eigenvalue weighted by Gasteiger charge is -2.25. The van der Waals surface area contributed by atoms with Crippen LogP contribution in [0.4, 0.5) is 4.39 Å². The summed E-state index contributed by atoms with van der Waals surface area (Å²) < 4.78 is 25.5. The van der Waals surface area contributed by atoms with Gasteiger partial charge in [-0.3, -0.25) is 19.8 Å². The molecular weight excluding hydrogens is 522 g/mol. The summed E-state index contributed by atoms with van der Waals surface area (Å²) >= 11 is 7.06. The molecule has 2 aromatic rings. The zero-order valence-electron chi connectivity index (χ0n) is 16.2. The Morgan fingerprint density at radius 1 is 1.20 bits per heavy atom. The van der Waals surface area contributed by atoms with Crippen LogP contribution in [0.5, 0.6) is 11.5 Å². The van der Waals surface area contributed by atoms with Crippen molar-refractivity contribution < 1.29 is 23.5 Å². The van der Waals surface area contributed by atoms with Crippen LogP contribution in [-0.4, -0.2) is 35.5 Å². The van der Waals surface area contributed by atoms with E-state index in [2.05, 4.69) is 27.9 Å². The van der Waals surface area contributed by atoms with Gasteiger partial charge in [-0.2, -0.15) is 0 Å². The summed E-state index contributed by atoms with van der Waals surface area (Å²) in [5.74, 6) is -0.331. The molecule has 0 spiro atoms. The average molecular weight is 540 g/mol. The fraction of sp³-hybridized carbons (Fsp3) is 0.190. The topological polar surface area (TPSA) is 67.9 Å². The van der Waals surface area contributed by atoms with Crippen molar-refractivity contribution in [3.05, 3.63) is 62.5 Å². The van der Waals surface area contributed by atoms with Gasteiger partial charge in [-0.15, -0.1) is 0 Å². The summed E-state index contributed by atoms with van der Waals surface area (Å²) in [4.78, 5) is 25.8. The van der Waals surface area contributed by atoms with Crippen LogP contribution in [-0.2, 0) is 16.2 Å². The molecule has 1 aliphatic rings. The van der Waals surface area contributed by atoms with E-state index in [1.165, 1.54) is 30.2 Å². The summed E-state index contributed by atoms with van der Waals surface area (Å²) in [7, 11) is 1.50. The van der Waals surface area contributed by atoms with Crippen molar-refractivity contribution in [2.24, 2.45) is 0 Å². The van der Waals surface area contributed by atoms with Gasteiger partial charge in [-0.05, 0) is 83.2 Å². The molecule has 9 heteroatoms. The number of amides is 2. The normalized spacial score (nSPS) is 15.4. The van der Waals surface area contributed by atoms with Crippen LogP contribution in [0.2, 0.25) is 0 Å². The van der Waals surface area contributed by atoms with Gasteiger partial charge < -0.3 is 9.47 Å². The first-order chi connectivity index (χ1) is 14.3. The molecule has 1 N–H and O–H groups in total. The molecule has 2 amide bonds. The molecule has 2 aromatic carbocycles. The van der Waals surface area contributed by atoms with Gasteiger partial charge in [0.25, 0.3) is 11.8 Å². The monoisotopic (exact) mass is 540 g/mol. The Kier molecular flexibility index (Phi) is 7.03. The highest BCUT2D eigenvalue weighted by atomic mass is 127. The smallest absolute Gasteiger partial charge is 0.265 e. The molecule has 0 radical (unpaired) electrons. The van der Waals surface area contributed by atoms with Crippen molar-refractivity contribution in [2.45, 2.75) is 13.5 Å². The molecule has 1 saturated heterocycles. The van der Waals surface area contributed by atoms with Gasteiger partial charge in [0.2, 0.25) is 0 Å². The van der Waals surface area contributed by atoms with E-state index in [-0.39, 0.29) is 23.1 Å². The molecule has 0 bridgehead atoms. The number of rotatable bonds is 6. The van der Waals surface area contributed by atoms with Crippen LogP contribution in [0.15, 0.2) is 42.0 Å². The number of ether oxygens (including phenoxy) is 2. The zero-order chi connectivity index (χ0) is 21.8. The van der Waals surface area contributed by atoms with E-state index in [9.17, 15) is 14.0 Å². The van der Waals surface area contributed by atoms with E-state index in [4.69, 9.17) is 21.7 Å².